The van der Waals surface area contributed by atoms with E-state index in [1.54, 1.807) is 14.2 Å². The molecule has 0 saturated heterocycles. The van der Waals surface area contributed by atoms with Gasteiger partial charge in [0.05, 0.1) is 14.2 Å². The highest BCUT2D eigenvalue weighted by Gasteiger charge is 2.47. The summed E-state index contributed by atoms with van der Waals surface area (Å²) in [5.74, 6) is 5.18. The van der Waals surface area contributed by atoms with Crippen LogP contribution in [0.25, 0.3) is 28.0 Å². The van der Waals surface area contributed by atoms with Gasteiger partial charge >= 0.3 is 0 Å². The number of para-hydroxylation sites is 2. The predicted octanol–water partition coefficient (Wildman–Crippen LogP) is 12.9. The fraction of sp³-hybridized carbons (Fsp3) is 0.160. The van der Waals surface area contributed by atoms with Gasteiger partial charge in [-0.2, -0.15) is 0 Å². The molecule has 5 nitrogen and oxygen atoms in total. The lowest BCUT2D eigenvalue weighted by atomic mass is 9.71. The van der Waals surface area contributed by atoms with Crippen molar-refractivity contribution in [1.29, 1.82) is 0 Å². The molecule has 0 N–H and O–H groups in total. The molecule has 0 spiro atoms. The van der Waals surface area contributed by atoms with Gasteiger partial charge in [-0.05, 0) is 107 Å². The van der Waals surface area contributed by atoms with Gasteiger partial charge in [-0.3, -0.25) is 0 Å². The Labute approximate surface area is 322 Å². The first-order valence-electron chi connectivity index (χ1n) is 18.9. The second-order valence-electron chi connectivity index (χ2n) is 14.1. The molecule has 0 saturated carbocycles. The smallest absolute Gasteiger partial charge is 0.178 e. The van der Waals surface area contributed by atoms with Crippen molar-refractivity contribution in [2.24, 2.45) is 0 Å². The van der Waals surface area contributed by atoms with Gasteiger partial charge in [-0.15, -0.1) is 0 Å². The largest absolute Gasteiger partial charge is 0.493 e. The van der Waals surface area contributed by atoms with E-state index in [0.29, 0.717) is 11.5 Å². The Balaban J connectivity index is 1.26. The van der Waals surface area contributed by atoms with Crippen LogP contribution in [0.3, 0.4) is 0 Å². The van der Waals surface area contributed by atoms with Gasteiger partial charge in [0.2, 0.25) is 0 Å². The van der Waals surface area contributed by atoms with Gasteiger partial charge in [0.15, 0.2) is 17.1 Å². The van der Waals surface area contributed by atoms with Crippen LogP contribution in [-0.2, 0) is 11.0 Å². The first-order valence-corrected chi connectivity index (χ1v) is 18.9. The number of ether oxygens (including phenoxy) is 5. The zero-order chi connectivity index (χ0) is 37.6. The quantitative estimate of drug-likeness (QED) is 0.141. The zero-order valence-corrected chi connectivity index (χ0v) is 31.5. The molecule has 1 aliphatic carbocycles. The molecule has 55 heavy (non-hydrogen) atoms. The summed E-state index contributed by atoms with van der Waals surface area (Å²) in [6, 6.07) is 49.2. The number of benzene rings is 7. The fourth-order valence-corrected chi connectivity index (χ4v) is 8.75. The SMILES string of the molecule is CCC1(CC)c2ccccc2-c2c1c1c(c3cc(OC)c(OC)cc23)OC(c2ccc(Oc3ccccc3)cc2)(c2ccc(Oc3ccccc3)cc2)C=C1. The van der Waals surface area contributed by atoms with Crippen molar-refractivity contribution in [2.75, 3.05) is 14.2 Å². The molecule has 272 valence electrons. The average Bonchev–Trinajstić information content (AvgIpc) is 3.55. The van der Waals surface area contributed by atoms with Gasteiger partial charge in [0.1, 0.15) is 28.7 Å². The normalized spacial score (nSPS) is 14.3. The molecule has 1 aliphatic heterocycles. The summed E-state index contributed by atoms with van der Waals surface area (Å²) in [5.41, 5.74) is 6.97. The van der Waals surface area contributed by atoms with Crippen LogP contribution < -0.4 is 23.7 Å². The van der Waals surface area contributed by atoms with Crippen LogP contribution in [0.1, 0.15) is 54.5 Å². The van der Waals surface area contributed by atoms with E-state index in [-0.39, 0.29) is 5.41 Å². The summed E-state index contributed by atoms with van der Waals surface area (Å²) in [6.07, 6.45) is 6.41. The molecule has 0 atom stereocenters. The van der Waals surface area contributed by atoms with Crippen LogP contribution in [0.5, 0.6) is 40.2 Å². The molecule has 1 heterocycles. The highest BCUT2D eigenvalue weighted by molar-refractivity contribution is 6.09. The summed E-state index contributed by atoms with van der Waals surface area (Å²) in [6.45, 7) is 4.60. The van der Waals surface area contributed by atoms with E-state index in [1.165, 1.54) is 22.3 Å². The van der Waals surface area contributed by atoms with Crippen LogP contribution in [0, 0.1) is 0 Å². The molecule has 9 rings (SSSR count). The third-order valence-electron chi connectivity index (χ3n) is 11.5. The molecule has 0 amide bonds. The van der Waals surface area contributed by atoms with Crippen LogP contribution >= 0.6 is 0 Å². The maximum Gasteiger partial charge on any atom is 0.178 e. The van der Waals surface area contributed by atoms with Crippen LogP contribution in [0.4, 0.5) is 0 Å². The summed E-state index contributed by atoms with van der Waals surface area (Å²) >= 11 is 0. The Bertz CT molecular complexity index is 2450. The molecule has 0 fully saturated rings. The van der Waals surface area contributed by atoms with E-state index in [2.05, 4.69) is 86.7 Å². The molecule has 0 bridgehead atoms. The molecule has 0 unspecified atom stereocenters. The zero-order valence-electron chi connectivity index (χ0n) is 31.5. The highest BCUT2D eigenvalue weighted by atomic mass is 16.5. The van der Waals surface area contributed by atoms with Gasteiger partial charge in [-0.25, -0.2) is 0 Å². The molecule has 2 aliphatic rings. The molecule has 7 aromatic rings. The third kappa shape index (κ3) is 5.53. The Morgan fingerprint density at radius 1 is 0.545 bits per heavy atom. The highest BCUT2D eigenvalue weighted by Crippen LogP contribution is 2.61. The lowest BCUT2D eigenvalue weighted by Crippen LogP contribution is -2.35. The van der Waals surface area contributed by atoms with Gasteiger partial charge in [-0.1, -0.05) is 105 Å². The van der Waals surface area contributed by atoms with Crippen molar-refractivity contribution >= 4 is 16.8 Å². The Kier molecular flexibility index (Phi) is 8.58. The first kappa shape index (κ1) is 34.3. The fourth-order valence-electron chi connectivity index (χ4n) is 8.75. The van der Waals surface area contributed by atoms with Gasteiger partial charge in [0, 0.05) is 27.5 Å². The number of methoxy groups -OCH3 is 2. The molecular formula is C50H42O5. The minimum absolute atomic E-state index is 0.197. The number of rotatable bonds is 10. The van der Waals surface area contributed by atoms with Crippen LogP contribution in [0.15, 0.2) is 152 Å². The maximum atomic E-state index is 7.64. The Morgan fingerprint density at radius 2 is 1.04 bits per heavy atom. The van der Waals surface area contributed by atoms with E-state index in [9.17, 15) is 0 Å². The van der Waals surface area contributed by atoms with E-state index >= 15 is 0 Å². The Morgan fingerprint density at radius 3 is 1.56 bits per heavy atom. The molecule has 0 aromatic heterocycles. The molecule has 5 heteroatoms. The van der Waals surface area contributed by atoms with E-state index in [1.807, 2.05) is 84.9 Å². The minimum Gasteiger partial charge on any atom is -0.493 e. The van der Waals surface area contributed by atoms with E-state index in [4.69, 9.17) is 23.7 Å². The second kappa shape index (κ2) is 13.7. The summed E-state index contributed by atoms with van der Waals surface area (Å²) in [4.78, 5) is 0. The third-order valence-corrected chi connectivity index (χ3v) is 11.5. The van der Waals surface area contributed by atoms with Crippen molar-refractivity contribution in [2.45, 2.75) is 37.7 Å². The predicted molar refractivity (Wildman–Crippen MR) is 220 cm³/mol. The lowest BCUT2D eigenvalue weighted by Gasteiger charge is -2.39. The lowest BCUT2D eigenvalue weighted by molar-refractivity contribution is 0.163. The van der Waals surface area contributed by atoms with Crippen molar-refractivity contribution in [1.82, 2.24) is 0 Å². The number of hydrogen-bond donors (Lipinski definition) is 0. The maximum absolute atomic E-state index is 7.64. The topological polar surface area (TPSA) is 46.2 Å². The second-order valence-corrected chi connectivity index (χ2v) is 14.1. The minimum atomic E-state index is -0.996. The van der Waals surface area contributed by atoms with Crippen molar-refractivity contribution in [3.05, 3.63) is 179 Å². The number of fused-ring (bicyclic) bond motifs is 8. The van der Waals surface area contributed by atoms with E-state index in [0.717, 1.165) is 69.1 Å². The summed E-state index contributed by atoms with van der Waals surface area (Å²) in [7, 11) is 3.38. The molecule has 0 radical (unpaired) electrons. The standard InChI is InChI=1S/C50H42O5/c1-5-49(6-2)43-20-14-13-19-39(43)46-41-31-44(51-3)45(52-4)32-42(41)48-40(47(46)49)29-30-50(55-48,33-21-25-37(26-22-33)53-35-15-9-7-10-16-35)34-23-27-38(28-24-34)54-36-17-11-8-12-18-36/h7-32H,5-6H2,1-4H3. The van der Waals surface area contributed by atoms with Crippen molar-refractivity contribution in [3.8, 4) is 51.4 Å². The molecular weight excluding hydrogens is 681 g/mol. The monoisotopic (exact) mass is 722 g/mol. The van der Waals surface area contributed by atoms with E-state index < -0.39 is 5.60 Å². The van der Waals surface area contributed by atoms with Crippen molar-refractivity contribution in [3.63, 3.8) is 0 Å². The molecule has 7 aromatic carbocycles. The average molecular weight is 723 g/mol. The van der Waals surface area contributed by atoms with Gasteiger partial charge in [0.25, 0.3) is 0 Å². The van der Waals surface area contributed by atoms with Crippen LogP contribution in [0.2, 0.25) is 0 Å². The van der Waals surface area contributed by atoms with Crippen molar-refractivity contribution < 1.29 is 23.7 Å². The summed E-state index contributed by atoms with van der Waals surface area (Å²) < 4.78 is 31.9. The summed E-state index contributed by atoms with van der Waals surface area (Å²) in [5, 5.41) is 2.04. The first-order chi connectivity index (χ1) is 27.0. The number of hydrogen-bond acceptors (Lipinski definition) is 5. The van der Waals surface area contributed by atoms with Crippen LogP contribution in [-0.4, -0.2) is 14.2 Å². The van der Waals surface area contributed by atoms with Gasteiger partial charge < -0.3 is 23.7 Å². The Hall–Kier alpha value is -6.46.